The topological polar surface area (TPSA) is 40.7 Å². The number of rotatable bonds is 4. The van der Waals surface area contributed by atoms with E-state index in [0.717, 1.165) is 12.2 Å². The standard InChI is InChI=1S/C9H17N3/c1-7(2)8(10-3)6-9-11-4-5-12-9/h4-5,7-8,10H,6H2,1-3H3,(H,11,12). The van der Waals surface area contributed by atoms with Crippen LogP contribution in [0.4, 0.5) is 0 Å². The Labute approximate surface area is 73.6 Å². The highest BCUT2D eigenvalue weighted by Gasteiger charge is 2.12. The van der Waals surface area contributed by atoms with Crippen molar-refractivity contribution in [2.75, 3.05) is 7.05 Å². The zero-order valence-electron chi connectivity index (χ0n) is 7.96. The summed E-state index contributed by atoms with van der Waals surface area (Å²) in [7, 11) is 1.99. The van der Waals surface area contributed by atoms with E-state index in [9.17, 15) is 0 Å². The van der Waals surface area contributed by atoms with Gasteiger partial charge in [0.05, 0.1) is 0 Å². The molecule has 0 saturated heterocycles. The van der Waals surface area contributed by atoms with Gasteiger partial charge in [-0.3, -0.25) is 0 Å². The van der Waals surface area contributed by atoms with Crippen LogP contribution in [0.2, 0.25) is 0 Å². The first-order valence-electron chi connectivity index (χ1n) is 4.39. The third kappa shape index (κ3) is 2.34. The van der Waals surface area contributed by atoms with Crippen LogP contribution in [0, 0.1) is 5.92 Å². The van der Waals surface area contributed by atoms with Gasteiger partial charge in [0.1, 0.15) is 5.82 Å². The Balaban J connectivity index is 2.48. The van der Waals surface area contributed by atoms with Gasteiger partial charge in [0.25, 0.3) is 0 Å². The SMILES string of the molecule is CNC(Cc1ncc[nH]1)C(C)C. The van der Waals surface area contributed by atoms with Gasteiger partial charge in [-0.05, 0) is 13.0 Å². The summed E-state index contributed by atoms with van der Waals surface area (Å²) in [5, 5.41) is 3.28. The number of H-pyrrole nitrogens is 1. The fourth-order valence-corrected chi connectivity index (χ4v) is 1.29. The van der Waals surface area contributed by atoms with Crippen molar-refractivity contribution in [3.63, 3.8) is 0 Å². The van der Waals surface area contributed by atoms with Crippen LogP contribution in [0.3, 0.4) is 0 Å². The molecule has 0 aliphatic rings. The van der Waals surface area contributed by atoms with Gasteiger partial charge in [0, 0.05) is 24.9 Å². The minimum absolute atomic E-state index is 0.510. The van der Waals surface area contributed by atoms with Gasteiger partial charge in [-0.15, -0.1) is 0 Å². The highest BCUT2D eigenvalue weighted by molar-refractivity contribution is 4.91. The molecule has 12 heavy (non-hydrogen) atoms. The molecule has 1 unspecified atom stereocenters. The minimum atomic E-state index is 0.510. The fraction of sp³-hybridized carbons (Fsp3) is 0.667. The molecule has 1 heterocycles. The van der Waals surface area contributed by atoms with Gasteiger partial charge >= 0.3 is 0 Å². The number of hydrogen-bond acceptors (Lipinski definition) is 2. The Morgan fingerprint density at radius 1 is 1.58 bits per heavy atom. The number of likely N-dealkylation sites (N-methyl/N-ethyl adjacent to an activating group) is 1. The smallest absolute Gasteiger partial charge is 0.107 e. The highest BCUT2D eigenvalue weighted by atomic mass is 14.9. The molecule has 0 saturated carbocycles. The molecule has 1 atom stereocenters. The maximum absolute atomic E-state index is 4.19. The molecule has 2 N–H and O–H groups in total. The normalized spacial score (nSPS) is 13.7. The Hall–Kier alpha value is -0.830. The predicted octanol–water partition coefficient (Wildman–Crippen LogP) is 1.20. The average molecular weight is 167 g/mol. The monoisotopic (exact) mass is 167 g/mol. The van der Waals surface area contributed by atoms with Crippen molar-refractivity contribution in [3.8, 4) is 0 Å². The van der Waals surface area contributed by atoms with E-state index in [0.29, 0.717) is 12.0 Å². The number of hydrogen-bond donors (Lipinski definition) is 2. The van der Waals surface area contributed by atoms with Gasteiger partial charge in [-0.25, -0.2) is 4.98 Å². The Kier molecular flexibility index (Phi) is 3.29. The zero-order chi connectivity index (χ0) is 8.97. The van der Waals surface area contributed by atoms with Crippen LogP contribution in [0.15, 0.2) is 12.4 Å². The van der Waals surface area contributed by atoms with E-state index in [1.165, 1.54) is 0 Å². The molecule has 0 aliphatic heterocycles. The lowest BCUT2D eigenvalue weighted by Crippen LogP contribution is -2.33. The molecule has 68 valence electrons. The second kappa shape index (κ2) is 4.26. The lowest BCUT2D eigenvalue weighted by molar-refractivity contribution is 0.418. The van der Waals surface area contributed by atoms with Crippen molar-refractivity contribution in [2.24, 2.45) is 5.92 Å². The van der Waals surface area contributed by atoms with E-state index in [1.54, 1.807) is 6.20 Å². The Morgan fingerprint density at radius 3 is 2.75 bits per heavy atom. The van der Waals surface area contributed by atoms with Crippen molar-refractivity contribution in [3.05, 3.63) is 18.2 Å². The van der Waals surface area contributed by atoms with Crippen LogP contribution in [0.25, 0.3) is 0 Å². The molecular formula is C9H17N3. The van der Waals surface area contributed by atoms with E-state index in [1.807, 2.05) is 13.2 Å². The average Bonchev–Trinajstić information content (AvgIpc) is 2.51. The van der Waals surface area contributed by atoms with Crippen LogP contribution < -0.4 is 5.32 Å². The van der Waals surface area contributed by atoms with Crippen molar-refractivity contribution in [1.29, 1.82) is 0 Å². The predicted molar refractivity (Wildman–Crippen MR) is 50.0 cm³/mol. The number of imidazole rings is 1. The molecule has 1 rings (SSSR count). The van der Waals surface area contributed by atoms with Crippen molar-refractivity contribution >= 4 is 0 Å². The molecule has 1 aromatic rings. The summed E-state index contributed by atoms with van der Waals surface area (Å²) in [5.41, 5.74) is 0. The first kappa shape index (κ1) is 9.26. The molecule has 0 fully saturated rings. The maximum Gasteiger partial charge on any atom is 0.107 e. The van der Waals surface area contributed by atoms with Crippen molar-refractivity contribution in [2.45, 2.75) is 26.3 Å². The summed E-state index contributed by atoms with van der Waals surface area (Å²) in [5.74, 6) is 1.70. The number of nitrogens with zero attached hydrogens (tertiary/aromatic N) is 1. The lowest BCUT2D eigenvalue weighted by atomic mass is 10.0. The van der Waals surface area contributed by atoms with Crippen LogP contribution in [-0.4, -0.2) is 23.1 Å². The summed E-state index contributed by atoms with van der Waals surface area (Å²) in [6.45, 7) is 4.42. The summed E-state index contributed by atoms with van der Waals surface area (Å²) < 4.78 is 0. The summed E-state index contributed by atoms with van der Waals surface area (Å²) in [4.78, 5) is 7.30. The van der Waals surface area contributed by atoms with Crippen molar-refractivity contribution < 1.29 is 0 Å². The van der Waals surface area contributed by atoms with Crippen LogP contribution in [-0.2, 0) is 6.42 Å². The zero-order valence-corrected chi connectivity index (χ0v) is 7.96. The highest BCUT2D eigenvalue weighted by Crippen LogP contribution is 2.05. The molecule has 0 amide bonds. The molecule has 3 heteroatoms. The third-order valence-corrected chi connectivity index (χ3v) is 2.14. The second-order valence-corrected chi connectivity index (χ2v) is 3.38. The van der Waals surface area contributed by atoms with Gasteiger partial charge in [0.15, 0.2) is 0 Å². The van der Waals surface area contributed by atoms with Crippen LogP contribution >= 0.6 is 0 Å². The lowest BCUT2D eigenvalue weighted by Gasteiger charge is -2.18. The van der Waals surface area contributed by atoms with Crippen molar-refractivity contribution in [1.82, 2.24) is 15.3 Å². The largest absolute Gasteiger partial charge is 0.349 e. The molecule has 0 bridgehead atoms. The molecular weight excluding hydrogens is 150 g/mol. The Bertz CT molecular complexity index is 204. The van der Waals surface area contributed by atoms with E-state index in [-0.39, 0.29) is 0 Å². The third-order valence-electron chi connectivity index (χ3n) is 2.14. The summed E-state index contributed by atoms with van der Waals surface area (Å²) in [6, 6.07) is 0.510. The maximum atomic E-state index is 4.19. The minimum Gasteiger partial charge on any atom is -0.349 e. The van der Waals surface area contributed by atoms with Gasteiger partial charge < -0.3 is 10.3 Å². The molecule has 3 nitrogen and oxygen atoms in total. The van der Waals surface area contributed by atoms with Crippen LogP contribution in [0.1, 0.15) is 19.7 Å². The second-order valence-electron chi connectivity index (χ2n) is 3.38. The molecule has 0 radical (unpaired) electrons. The Morgan fingerprint density at radius 2 is 2.33 bits per heavy atom. The first-order chi connectivity index (χ1) is 5.74. The molecule has 0 aliphatic carbocycles. The van der Waals surface area contributed by atoms with E-state index >= 15 is 0 Å². The number of nitrogens with one attached hydrogen (secondary N) is 2. The van der Waals surface area contributed by atoms with Gasteiger partial charge in [-0.2, -0.15) is 0 Å². The van der Waals surface area contributed by atoms with Gasteiger partial charge in [-0.1, -0.05) is 13.8 Å². The number of aromatic nitrogens is 2. The van der Waals surface area contributed by atoms with Crippen LogP contribution in [0.5, 0.6) is 0 Å². The van der Waals surface area contributed by atoms with E-state index < -0.39 is 0 Å². The number of aromatic amines is 1. The molecule has 0 aromatic carbocycles. The van der Waals surface area contributed by atoms with Gasteiger partial charge in [0.2, 0.25) is 0 Å². The first-order valence-corrected chi connectivity index (χ1v) is 4.39. The van der Waals surface area contributed by atoms with E-state index in [2.05, 4.69) is 29.1 Å². The fourth-order valence-electron chi connectivity index (χ4n) is 1.29. The molecule has 0 spiro atoms. The van der Waals surface area contributed by atoms with E-state index in [4.69, 9.17) is 0 Å². The quantitative estimate of drug-likeness (QED) is 0.707. The summed E-state index contributed by atoms with van der Waals surface area (Å²) in [6.07, 6.45) is 4.63. The summed E-state index contributed by atoms with van der Waals surface area (Å²) >= 11 is 0. The molecule has 1 aromatic heterocycles.